The Bertz CT molecular complexity index is 201. The molecule has 0 saturated heterocycles. The molecule has 0 aromatic heterocycles. The van der Waals surface area contributed by atoms with E-state index in [0.717, 1.165) is 12.3 Å². The molecule has 62 valence electrons. The summed E-state index contributed by atoms with van der Waals surface area (Å²) in [5.74, 6) is 1.27. The standard InChI is InChI=1S/C10H16O/c1-6(2)10-7-3-4-8(10)9(11)5-7/h7-9,11H,3-5H2,1-2H3/t7-,8+,9-/m0/s1. The Labute approximate surface area is 68.1 Å². The van der Waals surface area contributed by atoms with E-state index in [1.165, 1.54) is 18.4 Å². The van der Waals surface area contributed by atoms with Gasteiger partial charge in [-0.1, -0.05) is 11.1 Å². The Balaban J connectivity index is 2.33. The lowest BCUT2D eigenvalue weighted by molar-refractivity contribution is 0.117. The summed E-state index contributed by atoms with van der Waals surface area (Å²) in [7, 11) is 0. The van der Waals surface area contributed by atoms with Crippen molar-refractivity contribution in [1.29, 1.82) is 0 Å². The highest BCUT2D eigenvalue weighted by atomic mass is 16.3. The van der Waals surface area contributed by atoms with Crippen molar-refractivity contribution >= 4 is 0 Å². The van der Waals surface area contributed by atoms with Gasteiger partial charge >= 0.3 is 0 Å². The molecule has 2 fully saturated rings. The van der Waals surface area contributed by atoms with Gasteiger partial charge < -0.3 is 5.11 Å². The minimum absolute atomic E-state index is 0.0151. The van der Waals surface area contributed by atoms with Gasteiger partial charge in [0.25, 0.3) is 0 Å². The fraction of sp³-hybridized carbons (Fsp3) is 0.800. The summed E-state index contributed by atoms with van der Waals surface area (Å²) in [6.07, 6.45) is 3.57. The summed E-state index contributed by atoms with van der Waals surface area (Å²) >= 11 is 0. The lowest BCUT2D eigenvalue weighted by Gasteiger charge is -2.14. The van der Waals surface area contributed by atoms with Crippen LogP contribution in [0.2, 0.25) is 0 Å². The summed E-state index contributed by atoms with van der Waals surface area (Å²) in [6, 6.07) is 0. The van der Waals surface area contributed by atoms with Crippen molar-refractivity contribution in [3.05, 3.63) is 11.1 Å². The van der Waals surface area contributed by atoms with Crippen molar-refractivity contribution in [2.45, 2.75) is 39.2 Å². The Morgan fingerprint density at radius 1 is 1.36 bits per heavy atom. The average Bonchev–Trinajstić information content (AvgIpc) is 2.41. The normalized spacial score (nSPS) is 41.7. The van der Waals surface area contributed by atoms with E-state index in [4.69, 9.17) is 0 Å². The third-order valence-corrected chi connectivity index (χ3v) is 3.23. The van der Waals surface area contributed by atoms with Crippen molar-refractivity contribution in [1.82, 2.24) is 0 Å². The second-order valence-electron chi connectivity index (χ2n) is 4.14. The van der Waals surface area contributed by atoms with Gasteiger partial charge in [-0.25, -0.2) is 0 Å². The van der Waals surface area contributed by atoms with Gasteiger partial charge in [-0.05, 0) is 39.0 Å². The van der Waals surface area contributed by atoms with Crippen LogP contribution in [0.3, 0.4) is 0 Å². The van der Waals surface area contributed by atoms with E-state index in [9.17, 15) is 5.11 Å². The smallest absolute Gasteiger partial charge is 0.0611 e. The zero-order valence-electron chi connectivity index (χ0n) is 7.30. The predicted octanol–water partition coefficient (Wildman–Crippen LogP) is 2.11. The lowest BCUT2D eigenvalue weighted by atomic mass is 9.98. The molecule has 0 radical (unpaired) electrons. The summed E-state index contributed by atoms with van der Waals surface area (Å²) in [6.45, 7) is 4.36. The molecule has 0 aliphatic heterocycles. The summed E-state index contributed by atoms with van der Waals surface area (Å²) < 4.78 is 0. The highest BCUT2D eigenvalue weighted by Gasteiger charge is 2.43. The van der Waals surface area contributed by atoms with Crippen LogP contribution in [0.1, 0.15) is 33.1 Å². The zero-order valence-corrected chi connectivity index (χ0v) is 7.30. The average molecular weight is 152 g/mol. The van der Waals surface area contributed by atoms with Crippen molar-refractivity contribution in [3.63, 3.8) is 0 Å². The largest absolute Gasteiger partial charge is 0.392 e. The Morgan fingerprint density at radius 3 is 2.36 bits per heavy atom. The predicted molar refractivity (Wildman–Crippen MR) is 45.2 cm³/mol. The van der Waals surface area contributed by atoms with Crippen molar-refractivity contribution in [2.75, 3.05) is 0 Å². The first kappa shape index (κ1) is 7.35. The molecule has 1 N–H and O–H groups in total. The van der Waals surface area contributed by atoms with Gasteiger partial charge in [0.05, 0.1) is 6.10 Å². The Hall–Kier alpha value is -0.300. The highest BCUT2D eigenvalue weighted by molar-refractivity contribution is 5.26. The molecule has 1 nitrogen and oxygen atoms in total. The first-order chi connectivity index (χ1) is 5.20. The Kier molecular flexibility index (Phi) is 1.57. The number of rotatable bonds is 0. The van der Waals surface area contributed by atoms with Crippen LogP contribution in [0, 0.1) is 11.8 Å². The molecular formula is C10H16O. The molecule has 0 unspecified atom stereocenters. The van der Waals surface area contributed by atoms with E-state index in [2.05, 4.69) is 13.8 Å². The van der Waals surface area contributed by atoms with E-state index >= 15 is 0 Å². The molecule has 2 saturated carbocycles. The summed E-state index contributed by atoms with van der Waals surface area (Å²) in [5.41, 5.74) is 3.03. The first-order valence-electron chi connectivity index (χ1n) is 4.55. The molecule has 0 aromatic carbocycles. The minimum Gasteiger partial charge on any atom is -0.392 e. The Morgan fingerprint density at radius 2 is 2.09 bits per heavy atom. The monoisotopic (exact) mass is 152 g/mol. The highest BCUT2D eigenvalue weighted by Crippen LogP contribution is 2.50. The number of aliphatic hydroxyl groups is 1. The van der Waals surface area contributed by atoms with Crippen molar-refractivity contribution < 1.29 is 5.11 Å². The molecule has 2 aliphatic carbocycles. The molecule has 2 rings (SSSR count). The molecule has 0 spiro atoms. The molecule has 3 atom stereocenters. The van der Waals surface area contributed by atoms with Gasteiger partial charge in [0, 0.05) is 5.92 Å². The molecule has 0 heterocycles. The molecule has 2 aliphatic rings. The van der Waals surface area contributed by atoms with Crippen LogP contribution < -0.4 is 0 Å². The quantitative estimate of drug-likeness (QED) is 0.527. The number of hydrogen-bond acceptors (Lipinski definition) is 1. The van der Waals surface area contributed by atoms with E-state index < -0.39 is 0 Å². The van der Waals surface area contributed by atoms with Gasteiger partial charge in [0.15, 0.2) is 0 Å². The van der Waals surface area contributed by atoms with Crippen LogP contribution in [0.15, 0.2) is 11.1 Å². The number of fused-ring (bicyclic) bond motifs is 2. The molecule has 11 heavy (non-hydrogen) atoms. The maximum Gasteiger partial charge on any atom is 0.0611 e. The van der Waals surface area contributed by atoms with Gasteiger partial charge in [0.1, 0.15) is 0 Å². The van der Waals surface area contributed by atoms with Gasteiger partial charge in [0.2, 0.25) is 0 Å². The fourth-order valence-electron chi connectivity index (χ4n) is 2.87. The van der Waals surface area contributed by atoms with Gasteiger partial charge in [-0.3, -0.25) is 0 Å². The van der Waals surface area contributed by atoms with Gasteiger partial charge in [-0.15, -0.1) is 0 Å². The van der Waals surface area contributed by atoms with Gasteiger partial charge in [-0.2, -0.15) is 0 Å². The lowest BCUT2D eigenvalue weighted by Crippen LogP contribution is -2.15. The minimum atomic E-state index is -0.0151. The van der Waals surface area contributed by atoms with Crippen molar-refractivity contribution in [3.8, 4) is 0 Å². The number of allylic oxidation sites excluding steroid dienone is 1. The second kappa shape index (κ2) is 2.34. The van der Waals surface area contributed by atoms with Crippen molar-refractivity contribution in [2.24, 2.45) is 11.8 Å². The maximum absolute atomic E-state index is 9.60. The zero-order chi connectivity index (χ0) is 8.01. The first-order valence-corrected chi connectivity index (χ1v) is 4.55. The van der Waals surface area contributed by atoms with E-state index in [0.29, 0.717) is 5.92 Å². The molecule has 0 amide bonds. The van der Waals surface area contributed by atoms with Crippen LogP contribution in [0.25, 0.3) is 0 Å². The summed E-state index contributed by atoms with van der Waals surface area (Å²) in [5, 5.41) is 9.60. The van der Waals surface area contributed by atoms with E-state index in [1.54, 1.807) is 5.57 Å². The molecule has 2 bridgehead atoms. The third-order valence-electron chi connectivity index (χ3n) is 3.23. The van der Waals surface area contributed by atoms with Crippen LogP contribution in [0.4, 0.5) is 0 Å². The SMILES string of the molecule is CC(C)=C1[C@H]2CC[C@@H]1[C@@H](O)C2. The van der Waals surface area contributed by atoms with Crippen LogP contribution in [-0.2, 0) is 0 Å². The maximum atomic E-state index is 9.60. The van der Waals surface area contributed by atoms with E-state index in [-0.39, 0.29) is 6.10 Å². The topological polar surface area (TPSA) is 20.2 Å². The fourth-order valence-corrected chi connectivity index (χ4v) is 2.87. The number of aliphatic hydroxyl groups excluding tert-OH is 1. The summed E-state index contributed by atoms with van der Waals surface area (Å²) in [4.78, 5) is 0. The van der Waals surface area contributed by atoms with E-state index in [1.807, 2.05) is 0 Å². The van der Waals surface area contributed by atoms with Crippen LogP contribution >= 0.6 is 0 Å². The molecule has 1 heteroatoms. The third kappa shape index (κ3) is 0.943. The molecular weight excluding hydrogens is 136 g/mol. The molecule has 0 aromatic rings. The van der Waals surface area contributed by atoms with Crippen LogP contribution in [-0.4, -0.2) is 11.2 Å². The van der Waals surface area contributed by atoms with Crippen LogP contribution in [0.5, 0.6) is 0 Å². The number of hydrogen-bond donors (Lipinski definition) is 1. The second-order valence-corrected chi connectivity index (χ2v) is 4.14.